The quantitative estimate of drug-likeness (QED) is 0.873. The van der Waals surface area contributed by atoms with Gasteiger partial charge < -0.3 is 10.0 Å². The van der Waals surface area contributed by atoms with Crippen LogP contribution in [0.4, 0.5) is 0 Å². The van der Waals surface area contributed by atoms with Gasteiger partial charge in [-0.3, -0.25) is 4.79 Å². The first kappa shape index (κ1) is 12.6. The number of rotatable bonds is 4. The Hall–Kier alpha value is -1.86. The van der Waals surface area contributed by atoms with Gasteiger partial charge in [0.25, 0.3) is 5.91 Å². The molecule has 0 saturated heterocycles. The monoisotopic (exact) mass is 244 g/mol. The summed E-state index contributed by atoms with van der Waals surface area (Å²) in [5.41, 5.74) is 1.12. The van der Waals surface area contributed by atoms with Crippen molar-refractivity contribution >= 4 is 5.91 Å². The van der Waals surface area contributed by atoms with Gasteiger partial charge in [0.2, 0.25) is 0 Å². The molecule has 18 heavy (non-hydrogen) atoms. The number of carbonyl (C=O) groups is 1. The Morgan fingerprint density at radius 2 is 2.06 bits per heavy atom. The van der Waals surface area contributed by atoms with Gasteiger partial charge in [0.05, 0.1) is 18.2 Å². The Bertz CT molecular complexity index is 458. The molecule has 94 valence electrons. The van der Waals surface area contributed by atoms with Crippen LogP contribution in [-0.2, 0) is 0 Å². The number of carbonyl (C=O) groups excluding carboxylic acids is 1. The summed E-state index contributed by atoms with van der Waals surface area (Å²) in [4.78, 5) is 14.0. The third-order valence-electron chi connectivity index (χ3n) is 3.38. The standard InChI is InChI=1S/C14H16N2O2/c15-10-11-4-6-12(7-5-11)14(18)16(8-9-17)13-2-1-3-13/h4-7,13,17H,1-3,8-9H2. The largest absolute Gasteiger partial charge is 0.395 e. The molecule has 0 unspecified atom stereocenters. The van der Waals surface area contributed by atoms with E-state index in [4.69, 9.17) is 10.4 Å². The van der Waals surface area contributed by atoms with Gasteiger partial charge >= 0.3 is 0 Å². The summed E-state index contributed by atoms with van der Waals surface area (Å²) in [5.74, 6) is -0.0572. The number of aliphatic hydroxyl groups excluding tert-OH is 1. The van der Waals surface area contributed by atoms with Crippen LogP contribution in [0.2, 0.25) is 0 Å². The fourth-order valence-corrected chi connectivity index (χ4v) is 2.11. The van der Waals surface area contributed by atoms with Gasteiger partial charge in [-0.05, 0) is 43.5 Å². The van der Waals surface area contributed by atoms with Gasteiger partial charge in [-0.15, -0.1) is 0 Å². The van der Waals surface area contributed by atoms with Crippen LogP contribution in [0.25, 0.3) is 0 Å². The van der Waals surface area contributed by atoms with Crippen molar-refractivity contribution in [3.63, 3.8) is 0 Å². The first-order chi connectivity index (χ1) is 8.76. The molecular formula is C14H16N2O2. The smallest absolute Gasteiger partial charge is 0.254 e. The van der Waals surface area contributed by atoms with Crippen molar-refractivity contribution in [3.05, 3.63) is 35.4 Å². The van der Waals surface area contributed by atoms with Crippen LogP contribution in [0.1, 0.15) is 35.2 Å². The molecule has 4 nitrogen and oxygen atoms in total. The molecule has 2 rings (SSSR count). The highest BCUT2D eigenvalue weighted by molar-refractivity contribution is 5.94. The zero-order chi connectivity index (χ0) is 13.0. The molecule has 0 aromatic heterocycles. The van der Waals surface area contributed by atoms with E-state index in [1.165, 1.54) is 0 Å². The second kappa shape index (κ2) is 5.65. The Morgan fingerprint density at radius 3 is 2.50 bits per heavy atom. The third-order valence-corrected chi connectivity index (χ3v) is 3.38. The van der Waals surface area contributed by atoms with Crippen molar-refractivity contribution in [2.75, 3.05) is 13.2 Å². The lowest BCUT2D eigenvalue weighted by Crippen LogP contribution is -2.45. The number of hydrogen-bond acceptors (Lipinski definition) is 3. The van der Waals surface area contributed by atoms with Crippen LogP contribution in [0.5, 0.6) is 0 Å². The Morgan fingerprint density at radius 1 is 1.39 bits per heavy atom. The maximum Gasteiger partial charge on any atom is 0.254 e. The van der Waals surface area contributed by atoms with Crippen molar-refractivity contribution in [2.45, 2.75) is 25.3 Å². The molecule has 1 aliphatic carbocycles. The molecule has 1 aromatic carbocycles. The Kier molecular flexibility index (Phi) is 3.96. The fraction of sp³-hybridized carbons (Fsp3) is 0.429. The van der Waals surface area contributed by atoms with Crippen molar-refractivity contribution in [3.8, 4) is 6.07 Å². The molecule has 0 bridgehead atoms. The molecule has 1 fully saturated rings. The number of nitriles is 1. The molecule has 0 spiro atoms. The highest BCUT2D eigenvalue weighted by Gasteiger charge is 2.28. The molecule has 1 amide bonds. The highest BCUT2D eigenvalue weighted by atomic mass is 16.3. The fourth-order valence-electron chi connectivity index (χ4n) is 2.11. The van der Waals surface area contributed by atoms with Crippen molar-refractivity contribution < 1.29 is 9.90 Å². The third kappa shape index (κ3) is 2.52. The summed E-state index contributed by atoms with van der Waals surface area (Å²) in [6.07, 6.45) is 3.18. The van der Waals surface area contributed by atoms with Crippen LogP contribution in [-0.4, -0.2) is 35.1 Å². The van der Waals surface area contributed by atoms with E-state index in [1.54, 1.807) is 29.2 Å². The maximum atomic E-state index is 12.3. The van der Waals surface area contributed by atoms with Crippen molar-refractivity contribution in [2.24, 2.45) is 0 Å². The van der Waals surface area contributed by atoms with E-state index in [0.717, 1.165) is 19.3 Å². The lowest BCUT2D eigenvalue weighted by Gasteiger charge is -2.37. The number of aliphatic hydroxyl groups is 1. The highest BCUT2D eigenvalue weighted by Crippen LogP contribution is 2.26. The van der Waals surface area contributed by atoms with Gasteiger partial charge in [-0.25, -0.2) is 0 Å². The average Bonchev–Trinajstić information content (AvgIpc) is 2.35. The van der Waals surface area contributed by atoms with Gasteiger partial charge in [0, 0.05) is 18.2 Å². The summed E-state index contributed by atoms with van der Waals surface area (Å²) in [6, 6.07) is 8.92. The first-order valence-electron chi connectivity index (χ1n) is 6.18. The SMILES string of the molecule is N#Cc1ccc(C(=O)N(CCO)C2CCC2)cc1. The molecule has 0 heterocycles. The van der Waals surface area contributed by atoms with E-state index in [2.05, 4.69) is 0 Å². The Balaban J connectivity index is 2.13. The van der Waals surface area contributed by atoms with E-state index in [-0.39, 0.29) is 18.6 Å². The summed E-state index contributed by atoms with van der Waals surface area (Å²) >= 11 is 0. The summed E-state index contributed by atoms with van der Waals surface area (Å²) < 4.78 is 0. The summed E-state index contributed by atoms with van der Waals surface area (Å²) in [7, 11) is 0. The number of nitrogens with zero attached hydrogens (tertiary/aromatic N) is 2. The minimum atomic E-state index is -0.0572. The van der Waals surface area contributed by atoms with Crippen LogP contribution in [0.3, 0.4) is 0 Å². The van der Waals surface area contributed by atoms with E-state index in [9.17, 15) is 4.79 Å². The van der Waals surface area contributed by atoms with Crippen LogP contribution in [0, 0.1) is 11.3 Å². The zero-order valence-electron chi connectivity index (χ0n) is 10.2. The van der Waals surface area contributed by atoms with Crippen molar-refractivity contribution in [1.29, 1.82) is 5.26 Å². The predicted octanol–water partition coefficient (Wildman–Crippen LogP) is 1.55. The normalized spacial score (nSPS) is 14.7. The van der Waals surface area contributed by atoms with E-state index < -0.39 is 0 Å². The van der Waals surface area contributed by atoms with Gasteiger partial charge in [0.15, 0.2) is 0 Å². The molecule has 1 N–H and O–H groups in total. The van der Waals surface area contributed by atoms with Gasteiger partial charge in [0.1, 0.15) is 0 Å². The lowest BCUT2D eigenvalue weighted by molar-refractivity contribution is 0.0526. The predicted molar refractivity (Wildman–Crippen MR) is 66.9 cm³/mol. The van der Waals surface area contributed by atoms with E-state index >= 15 is 0 Å². The topological polar surface area (TPSA) is 64.3 Å². The number of hydrogen-bond donors (Lipinski definition) is 1. The first-order valence-corrected chi connectivity index (χ1v) is 6.18. The van der Waals surface area contributed by atoms with Crippen LogP contribution in [0.15, 0.2) is 24.3 Å². The minimum Gasteiger partial charge on any atom is -0.395 e. The average molecular weight is 244 g/mol. The maximum absolute atomic E-state index is 12.3. The lowest BCUT2D eigenvalue weighted by atomic mass is 9.91. The molecule has 0 aliphatic heterocycles. The van der Waals surface area contributed by atoms with Crippen LogP contribution < -0.4 is 0 Å². The van der Waals surface area contributed by atoms with Gasteiger partial charge in [-0.1, -0.05) is 0 Å². The second-order valence-electron chi connectivity index (χ2n) is 4.50. The van der Waals surface area contributed by atoms with E-state index in [0.29, 0.717) is 17.7 Å². The molecular weight excluding hydrogens is 228 g/mol. The Labute approximate surface area is 106 Å². The molecule has 1 saturated carbocycles. The second-order valence-corrected chi connectivity index (χ2v) is 4.50. The van der Waals surface area contributed by atoms with Crippen molar-refractivity contribution in [1.82, 2.24) is 4.90 Å². The van der Waals surface area contributed by atoms with Crippen LogP contribution >= 0.6 is 0 Å². The summed E-state index contributed by atoms with van der Waals surface area (Å²) in [6.45, 7) is 0.363. The molecule has 4 heteroatoms. The van der Waals surface area contributed by atoms with E-state index in [1.807, 2.05) is 6.07 Å². The summed E-state index contributed by atoms with van der Waals surface area (Å²) in [5, 5.41) is 17.8. The number of amides is 1. The molecule has 0 radical (unpaired) electrons. The molecule has 1 aliphatic rings. The zero-order valence-corrected chi connectivity index (χ0v) is 10.2. The number of benzene rings is 1. The molecule has 1 aromatic rings. The molecule has 0 atom stereocenters. The van der Waals surface area contributed by atoms with Gasteiger partial charge in [-0.2, -0.15) is 5.26 Å². The minimum absolute atomic E-state index is 0.0154.